The number of carbonyl (C=O) groups is 1. The summed E-state index contributed by atoms with van der Waals surface area (Å²) in [6.45, 7) is 7.71. The van der Waals surface area contributed by atoms with Crippen molar-refractivity contribution in [2.45, 2.75) is 38.5 Å². The SMILES string of the molecule is COc1ccc(S(=O)(=O)NCCOc2cc(C)ccc2C)cc1C(=O)N1CCC(C)CC1. The first kappa shape index (κ1) is 24.1. The molecule has 8 heteroatoms. The summed E-state index contributed by atoms with van der Waals surface area (Å²) >= 11 is 0. The van der Waals surface area contributed by atoms with Crippen LogP contribution >= 0.6 is 0 Å². The van der Waals surface area contributed by atoms with Gasteiger partial charge in [-0.25, -0.2) is 13.1 Å². The molecule has 1 aliphatic rings. The van der Waals surface area contributed by atoms with Crippen molar-refractivity contribution in [3.63, 3.8) is 0 Å². The normalized spacial score (nSPS) is 14.9. The largest absolute Gasteiger partial charge is 0.496 e. The van der Waals surface area contributed by atoms with E-state index in [1.54, 1.807) is 4.90 Å². The van der Waals surface area contributed by atoms with Crippen LogP contribution in [0.2, 0.25) is 0 Å². The van der Waals surface area contributed by atoms with Crippen molar-refractivity contribution in [2.24, 2.45) is 5.92 Å². The summed E-state index contributed by atoms with van der Waals surface area (Å²) in [4.78, 5) is 14.8. The second kappa shape index (κ2) is 10.4. The maximum absolute atomic E-state index is 13.1. The Kier molecular flexibility index (Phi) is 7.79. The molecule has 0 saturated carbocycles. The van der Waals surface area contributed by atoms with Gasteiger partial charge in [-0.3, -0.25) is 4.79 Å². The molecule has 0 atom stereocenters. The van der Waals surface area contributed by atoms with Crippen LogP contribution in [-0.4, -0.2) is 52.6 Å². The molecular weight excluding hydrogens is 428 g/mol. The number of sulfonamides is 1. The molecule has 0 aromatic heterocycles. The van der Waals surface area contributed by atoms with Gasteiger partial charge in [0.2, 0.25) is 10.0 Å². The maximum Gasteiger partial charge on any atom is 0.257 e. The summed E-state index contributed by atoms with van der Waals surface area (Å²) in [6.07, 6.45) is 1.88. The van der Waals surface area contributed by atoms with E-state index in [1.807, 2.05) is 32.0 Å². The molecule has 1 amide bonds. The first-order valence-corrected chi connectivity index (χ1v) is 12.4. The van der Waals surface area contributed by atoms with Gasteiger partial charge in [0.1, 0.15) is 18.1 Å². The van der Waals surface area contributed by atoms with Crippen LogP contribution in [0.1, 0.15) is 41.3 Å². The van der Waals surface area contributed by atoms with E-state index >= 15 is 0 Å². The zero-order chi connectivity index (χ0) is 23.3. The lowest BCUT2D eigenvalue weighted by Crippen LogP contribution is -2.38. The summed E-state index contributed by atoms with van der Waals surface area (Å²) in [5.41, 5.74) is 2.32. The van der Waals surface area contributed by atoms with Crippen molar-refractivity contribution in [3.8, 4) is 11.5 Å². The van der Waals surface area contributed by atoms with Crippen molar-refractivity contribution in [2.75, 3.05) is 33.4 Å². The molecule has 0 aliphatic carbocycles. The highest BCUT2D eigenvalue weighted by Gasteiger charge is 2.26. The van der Waals surface area contributed by atoms with Crippen LogP contribution in [0.25, 0.3) is 0 Å². The van der Waals surface area contributed by atoms with Gasteiger partial charge in [0.15, 0.2) is 0 Å². The number of rotatable bonds is 8. The Labute approximate surface area is 190 Å². The van der Waals surface area contributed by atoms with Crippen LogP contribution in [0.4, 0.5) is 0 Å². The van der Waals surface area contributed by atoms with E-state index in [9.17, 15) is 13.2 Å². The number of ether oxygens (including phenoxy) is 2. The van der Waals surface area contributed by atoms with Gasteiger partial charge >= 0.3 is 0 Å². The number of hydrogen-bond donors (Lipinski definition) is 1. The average molecular weight is 461 g/mol. The van der Waals surface area contributed by atoms with Crippen LogP contribution in [0.3, 0.4) is 0 Å². The van der Waals surface area contributed by atoms with E-state index in [0.717, 1.165) is 29.7 Å². The predicted molar refractivity (Wildman–Crippen MR) is 124 cm³/mol. The number of methoxy groups -OCH3 is 1. The number of amides is 1. The fourth-order valence-corrected chi connectivity index (χ4v) is 4.73. The van der Waals surface area contributed by atoms with Crippen LogP contribution in [-0.2, 0) is 10.0 Å². The van der Waals surface area contributed by atoms with Crippen LogP contribution in [0.15, 0.2) is 41.3 Å². The van der Waals surface area contributed by atoms with E-state index < -0.39 is 10.0 Å². The molecular formula is C24H32N2O5S. The van der Waals surface area contributed by atoms with Gasteiger partial charge in [0.05, 0.1) is 17.6 Å². The number of nitrogens with one attached hydrogen (secondary N) is 1. The Balaban J connectivity index is 1.68. The van der Waals surface area contributed by atoms with E-state index in [0.29, 0.717) is 24.8 Å². The van der Waals surface area contributed by atoms with Crippen molar-refractivity contribution in [1.29, 1.82) is 0 Å². The minimum Gasteiger partial charge on any atom is -0.496 e. The molecule has 2 aromatic rings. The number of piperidine rings is 1. The fraction of sp³-hybridized carbons (Fsp3) is 0.458. The molecule has 7 nitrogen and oxygen atoms in total. The summed E-state index contributed by atoms with van der Waals surface area (Å²) in [7, 11) is -2.34. The second-order valence-corrected chi connectivity index (χ2v) is 10.1. The lowest BCUT2D eigenvalue weighted by Gasteiger charge is -2.30. The topological polar surface area (TPSA) is 84.9 Å². The Morgan fingerprint density at radius 1 is 1.09 bits per heavy atom. The third-order valence-electron chi connectivity index (χ3n) is 5.78. The zero-order valence-electron chi connectivity index (χ0n) is 19.2. The molecule has 0 spiro atoms. The Morgan fingerprint density at radius 3 is 2.50 bits per heavy atom. The minimum atomic E-state index is -3.81. The number of aryl methyl sites for hydroxylation is 2. The molecule has 1 saturated heterocycles. The molecule has 2 aromatic carbocycles. The van der Waals surface area contributed by atoms with Gasteiger partial charge in [0.25, 0.3) is 5.91 Å². The molecule has 0 bridgehead atoms. The quantitative estimate of drug-likeness (QED) is 0.609. The van der Waals surface area contributed by atoms with Crippen molar-refractivity contribution in [1.82, 2.24) is 9.62 Å². The summed E-state index contributed by atoms with van der Waals surface area (Å²) in [5, 5.41) is 0. The predicted octanol–water partition coefficient (Wildman–Crippen LogP) is 3.54. The first-order chi connectivity index (χ1) is 15.2. The standard InChI is InChI=1S/C24H32N2O5S/c1-17-9-12-26(13-10-17)24(27)21-16-20(7-8-22(21)30-4)32(28,29)25-11-14-31-23-15-18(2)5-6-19(23)3/h5-8,15-17,25H,9-14H2,1-4H3. The fourth-order valence-electron chi connectivity index (χ4n) is 3.69. The molecule has 1 heterocycles. The van der Waals surface area contributed by atoms with Gasteiger partial charge in [-0.2, -0.15) is 0 Å². The van der Waals surface area contributed by atoms with Gasteiger partial charge in [-0.1, -0.05) is 19.1 Å². The van der Waals surface area contributed by atoms with Gasteiger partial charge in [-0.15, -0.1) is 0 Å². The second-order valence-electron chi connectivity index (χ2n) is 8.35. The van der Waals surface area contributed by atoms with Gasteiger partial charge < -0.3 is 14.4 Å². The average Bonchev–Trinajstić information content (AvgIpc) is 2.78. The highest BCUT2D eigenvalue weighted by Crippen LogP contribution is 2.26. The van der Waals surface area contributed by atoms with Gasteiger partial charge in [-0.05, 0) is 68.0 Å². The lowest BCUT2D eigenvalue weighted by atomic mass is 9.98. The minimum absolute atomic E-state index is 0.0266. The maximum atomic E-state index is 13.1. The number of nitrogens with zero attached hydrogens (tertiary/aromatic N) is 1. The third-order valence-corrected chi connectivity index (χ3v) is 7.24. The molecule has 1 aliphatic heterocycles. The van der Waals surface area contributed by atoms with E-state index in [4.69, 9.17) is 9.47 Å². The first-order valence-electron chi connectivity index (χ1n) is 10.9. The molecule has 0 unspecified atom stereocenters. The number of likely N-dealkylation sites (tertiary alicyclic amines) is 1. The van der Waals surface area contributed by atoms with Crippen LogP contribution in [0.5, 0.6) is 11.5 Å². The van der Waals surface area contributed by atoms with Crippen molar-refractivity contribution >= 4 is 15.9 Å². The number of benzene rings is 2. The molecule has 3 rings (SSSR count). The highest BCUT2D eigenvalue weighted by atomic mass is 32.2. The Morgan fingerprint density at radius 2 is 1.81 bits per heavy atom. The van der Waals surface area contributed by atoms with Crippen LogP contribution in [0, 0.1) is 19.8 Å². The zero-order valence-corrected chi connectivity index (χ0v) is 20.0. The molecule has 32 heavy (non-hydrogen) atoms. The molecule has 1 N–H and O–H groups in total. The monoisotopic (exact) mass is 460 g/mol. The summed E-state index contributed by atoms with van der Waals surface area (Å²) < 4.78 is 39.3. The van der Waals surface area contributed by atoms with Crippen LogP contribution < -0.4 is 14.2 Å². The molecule has 174 valence electrons. The van der Waals surface area contributed by atoms with E-state index in [2.05, 4.69) is 11.6 Å². The highest BCUT2D eigenvalue weighted by molar-refractivity contribution is 7.89. The van der Waals surface area contributed by atoms with Crippen molar-refractivity contribution in [3.05, 3.63) is 53.1 Å². The third kappa shape index (κ3) is 5.81. The summed E-state index contributed by atoms with van der Waals surface area (Å²) in [6, 6.07) is 10.3. The summed E-state index contributed by atoms with van der Waals surface area (Å²) in [5.74, 6) is 1.48. The van der Waals surface area contributed by atoms with E-state index in [-0.39, 0.29) is 29.5 Å². The lowest BCUT2D eigenvalue weighted by molar-refractivity contribution is 0.0693. The smallest absolute Gasteiger partial charge is 0.257 e. The Bertz CT molecular complexity index is 1060. The van der Waals surface area contributed by atoms with Crippen molar-refractivity contribution < 1.29 is 22.7 Å². The number of carbonyl (C=O) groups excluding carboxylic acids is 1. The Hall–Kier alpha value is -2.58. The van der Waals surface area contributed by atoms with E-state index in [1.165, 1.54) is 25.3 Å². The van der Waals surface area contributed by atoms with Gasteiger partial charge in [0, 0.05) is 19.6 Å². The number of hydrogen-bond acceptors (Lipinski definition) is 5. The molecule has 0 radical (unpaired) electrons. The molecule has 1 fully saturated rings.